The third-order valence-electron chi connectivity index (χ3n) is 3.75. The van der Waals surface area contributed by atoms with Gasteiger partial charge in [-0.05, 0) is 31.2 Å². The van der Waals surface area contributed by atoms with E-state index in [0.717, 1.165) is 37.1 Å². The van der Waals surface area contributed by atoms with Crippen molar-refractivity contribution in [2.24, 2.45) is 5.92 Å². The Morgan fingerprint density at radius 2 is 1.86 bits per heavy atom. The predicted molar refractivity (Wildman–Crippen MR) is 91.1 cm³/mol. The lowest BCUT2D eigenvalue weighted by molar-refractivity contribution is -0.120. The molecule has 1 heterocycles. The van der Waals surface area contributed by atoms with E-state index in [9.17, 15) is 4.79 Å². The van der Waals surface area contributed by atoms with Gasteiger partial charge in [-0.2, -0.15) is 0 Å². The van der Waals surface area contributed by atoms with Crippen LogP contribution in [0.1, 0.15) is 43.7 Å². The molecule has 4 nitrogen and oxygen atoms in total. The second kappa shape index (κ2) is 8.63. The molecular weight excluding hydrogens is 294 g/mol. The highest BCUT2D eigenvalue weighted by Gasteiger charge is 2.16. The minimum atomic E-state index is 0.0528. The molecule has 0 bridgehead atoms. The van der Waals surface area contributed by atoms with Gasteiger partial charge in [-0.1, -0.05) is 55.5 Å². The molecular formula is C17H23N3OS. The molecule has 0 fully saturated rings. The number of carbonyl (C=O) groups excluding carboxylic acids is 1. The number of benzene rings is 1. The number of nitrogens with zero attached hydrogens (tertiary/aromatic N) is 2. The van der Waals surface area contributed by atoms with Crippen molar-refractivity contribution < 1.29 is 4.79 Å². The molecule has 0 saturated carbocycles. The summed E-state index contributed by atoms with van der Waals surface area (Å²) in [7, 11) is 0. The molecule has 0 radical (unpaired) electrons. The second-order valence-electron chi connectivity index (χ2n) is 5.34. The molecule has 0 atom stereocenters. The van der Waals surface area contributed by atoms with E-state index < -0.39 is 0 Å². The van der Waals surface area contributed by atoms with Gasteiger partial charge in [0, 0.05) is 12.3 Å². The molecule has 1 amide bonds. The van der Waals surface area contributed by atoms with Gasteiger partial charge in [0.05, 0.1) is 0 Å². The second-order valence-corrected chi connectivity index (χ2v) is 6.40. The minimum Gasteiger partial charge on any atom is -0.300 e. The lowest BCUT2D eigenvalue weighted by Gasteiger charge is -2.09. The van der Waals surface area contributed by atoms with Crippen LogP contribution in [0.15, 0.2) is 30.3 Å². The Morgan fingerprint density at radius 1 is 1.14 bits per heavy atom. The predicted octanol–water partition coefficient (Wildman–Crippen LogP) is 4.09. The van der Waals surface area contributed by atoms with E-state index in [2.05, 4.69) is 39.8 Å². The van der Waals surface area contributed by atoms with Crippen LogP contribution < -0.4 is 5.32 Å². The fraction of sp³-hybridized carbons (Fsp3) is 0.471. The molecule has 0 aliphatic carbocycles. The summed E-state index contributed by atoms with van der Waals surface area (Å²) in [5.41, 5.74) is 1.34. The fourth-order valence-electron chi connectivity index (χ4n) is 2.36. The van der Waals surface area contributed by atoms with E-state index in [1.165, 1.54) is 16.9 Å². The van der Waals surface area contributed by atoms with Crippen LogP contribution in [0.5, 0.6) is 0 Å². The summed E-state index contributed by atoms with van der Waals surface area (Å²) in [6.45, 7) is 4.06. The average Bonchev–Trinajstić information content (AvgIpc) is 2.97. The van der Waals surface area contributed by atoms with Crippen molar-refractivity contribution in [2.45, 2.75) is 46.0 Å². The minimum absolute atomic E-state index is 0.0528. The van der Waals surface area contributed by atoms with Crippen LogP contribution in [0.25, 0.3) is 0 Å². The molecule has 0 spiro atoms. The lowest BCUT2D eigenvalue weighted by atomic mass is 10.0. The van der Waals surface area contributed by atoms with Gasteiger partial charge in [-0.3, -0.25) is 4.79 Å². The number of amides is 1. The zero-order chi connectivity index (χ0) is 15.8. The normalized spacial score (nSPS) is 10.9. The van der Waals surface area contributed by atoms with Crippen molar-refractivity contribution in [3.63, 3.8) is 0 Å². The van der Waals surface area contributed by atoms with E-state index >= 15 is 0 Å². The van der Waals surface area contributed by atoms with Crippen molar-refractivity contribution in [3.05, 3.63) is 40.9 Å². The number of hydrogen-bond acceptors (Lipinski definition) is 4. The Kier molecular flexibility index (Phi) is 6.52. The van der Waals surface area contributed by atoms with Gasteiger partial charge in [0.1, 0.15) is 5.01 Å². The van der Waals surface area contributed by atoms with Crippen molar-refractivity contribution in [1.82, 2.24) is 10.2 Å². The molecule has 2 aromatic rings. The van der Waals surface area contributed by atoms with E-state index in [-0.39, 0.29) is 11.8 Å². The third-order valence-corrected chi connectivity index (χ3v) is 4.65. The van der Waals surface area contributed by atoms with Crippen molar-refractivity contribution >= 4 is 22.4 Å². The standard InChI is InChI=1S/C17H23N3OS/c1-3-14(4-2)16(21)18-17-20-19-15(22-17)12-8-11-13-9-6-5-7-10-13/h5-7,9-10,14H,3-4,8,11-12H2,1-2H3,(H,18,20,21). The topological polar surface area (TPSA) is 54.9 Å². The van der Waals surface area contributed by atoms with Gasteiger partial charge < -0.3 is 5.32 Å². The smallest absolute Gasteiger partial charge is 0.229 e. The molecule has 0 saturated heterocycles. The highest BCUT2D eigenvalue weighted by Crippen LogP contribution is 2.19. The van der Waals surface area contributed by atoms with E-state index in [4.69, 9.17) is 0 Å². The average molecular weight is 317 g/mol. The summed E-state index contributed by atoms with van der Waals surface area (Å²) >= 11 is 1.48. The quantitative estimate of drug-likeness (QED) is 0.798. The van der Waals surface area contributed by atoms with Gasteiger partial charge in [-0.15, -0.1) is 10.2 Å². The number of aryl methyl sites for hydroxylation is 2. The first kappa shape index (κ1) is 16.6. The first-order chi connectivity index (χ1) is 10.7. The highest BCUT2D eigenvalue weighted by atomic mass is 32.1. The molecule has 1 N–H and O–H groups in total. The maximum Gasteiger partial charge on any atom is 0.229 e. The fourth-order valence-corrected chi connectivity index (χ4v) is 3.14. The Balaban J connectivity index is 1.80. The Morgan fingerprint density at radius 3 is 2.55 bits per heavy atom. The molecule has 118 valence electrons. The SMILES string of the molecule is CCC(CC)C(=O)Nc1nnc(CCCc2ccccc2)s1. The number of nitrogens with one attached hydrogen (secondary N) is 1. The molecule has 0 aliphatic rings. The van der Waals surface area contributed by atoms with Gasteiger partial charge in [0.25, 0.3) is 0 Å². The molecule has 0 aliphatic heterocycles. The molecule has 22 heavy (non-hydrogen) atoms. The largest absolute Gasteiger partial charge is 0.300 e. The molecule has 1 aromatic carbocycles. The van der Waals surface area contributed by atoms with Crippen LogP contribution in [0.2, 0.25) is 0 Å². The summed E-state index contributed by atoms with van der Waals surface area (Å²) < 4.78 is 0. The van der Waals surface area contributed by atoms with Gasteiger partial charge in [0.2, 0.25) is 11.0 Å². The van der Waals surface area contributed by atoms with Crippen LogP contribution in [0.4, 0.5) is 5.13 Å². The maximum atomic E-state index is 12.0. The molecule has 0 unspecified atom stereocenters. The molecule has 5 heteroatoms. The van der Waals surface area contributed by atoms with Crippen LogP contribution >= 0.6 is 11.3 Å². The van der Waals surface area contributed by atoms with Gasteiger partial charge in [-0.25, -0.2) is 0 Å². The van der Waals surface area contributed by atoms with Gasteiger partial charge in [0.15, 0.2) is 0 Å². The Hall–Kier alpha value is -1.75. The molecule has 2 rings (SSSR count). The van der Waals surface area contributed by atoms with Crippen molar-refractivity contribution in [1.29, 1.82) is 0 Å². The van der Waals surface area contributed by atoms with Gasteiger partial charge >= 0.3 is 0 Å². The molecule has 1 aromatic heterocycles. The van der Waals surface area contributed by atoms with E-state index in [0.29, 0.717) is 5.13 Å². The van der Waals surface area contributed by atoms with Crippen molar-refractivity contribution in [3.8, 4) is 0 Å². The first-order valence-electron chi connectivity index (χ1n) is 7.90. The van der Waals surface area contributed by atoms with Crippen LogP contribution in [-0.2, 0) is 17.6 Å². The zero-order valence-corrected chi connectivity index (χ0v) is 14.0. The summed E-state index contributed by atoms with van der Waals surface area (Å²) in [4.78, 5) is 12.0. The van der Waals surface area contributed by atoms with Crippen LogP contribution in [0, 0.1) is 5.92 Å². The number of anilines is 1. The lowest BCUT2D eigenvalue weighted by Crippen LogP contribution is -2.21. The van der Waals surface area contributed by atoms with Crippen LogP contribution in [0.3, 0.4) is 0 Å². The zero-order valence-electron chi connectivity index (χ0n) is 13.2. The number of carbonyl (C=O) groups is 1. The van der Waals surface area contributed by atoms with Crippen LogP contribution in [-0.4, -0.2) is 16.1 Å². The third kappa shape index (κ3) is 4.91. The first-order valence-corrected chi connectivity index (χ1v) is 8.71. The summed E-state index contributed by atoms with van der Waals surface area (Å²) in [5, 5.41) is 12.7. The maximum absolute atomic E-state index is 12.0. The van der Waals surface area contributed by atoms with E-state index in [1.54, 1.807) is 0 Å². The Labute approximate surface area is 136 Å². The number of aromatic nitrogens is 2. The Bertz CT molecular complexity index is 579. The van der Waals surface area contributed by atoms with Crippen molar-refractivity contribution in [2.75, 3.05) is 5.32 Å². The highest BCUT2D eigenvalue weighted by molar-refractivity contribution is 7.15. The summed E-state index contributed by atoms with van der Waals surface area (Å²) in [6, 6.07) is 10.4. The number of hydrogen-bond donors (Lipinski definition) is 1. The van der Waals surface area contributed by atoms with E-state index in [1.807, 2.05) is 19.9 Å². The summed E-state index contributed by atoms with van der Waals surface area (Å²) in [6.07, 6.45) is 4.68. The summed E-state index contributed by atoms with van der Waals surface area (Å²) in [5.74, 6) is 0.113. The monoisotopic (exact) mass is 317 g/mol. The number of rotatable bonds is 8.